The minimum Gasteiger partial charge on any atom is -0.461 e. The fourth-order valence-corrected chi connectivity index (χ4v) is 1.72. The summed E-state index contributed by atoms with van der Waals surface area (Å²) in [4.78, 5) is 13.9. The molecule has 4 nitrogen and oxygen atoms in total. The molecule has 0 aromatic carbocycles. The number of nitrogens with zero attached hydrogens (tertiary/aromatic N) is 2. The Morgan fingerprint density at radius 2 is 2.44 bits per heavy atom. The Kier molecular flexibility index (Phi) is 3.37. The molecular formula is C12H14N2O2. The number of Topliss-reactive ketones (excluding diaryl/α,β-unsaturated/α-hetero) is 1. The van der Waals surface area contributed by atoms with Gasteiger partial charge in [-0.1, -0.05) is 0 Å². The van der Waals surface area contributed by atoms with E-state index in [2.05, 4.69) is 11.0 Å². The lowest BCUT2D eigenvalue weighted by Crippen LogP contribution is -2.32. The van der Waals surface area contributed by atoms with E-state index in [1.807, 2.05) is 0 Å². The van der Waals surface area contributed by atoms with Gasteiger partial charge in [0.1, 0.15) is 0 Å². The van der Waals surface area contributed by atoms with Crippen LogP contribution in [0.4, 0.5) is 0 Å². The van der Waals surface area contributed by atoms with Gasteiger partial charge < -0.3 is 4.42 Å². The van der Waals surface area contributed by atoms with E-state index in [-0.39, 0.29) is 5.78 Å². The van der Waals surface area contributed by atoms with Gasteiger partial charge in [-0.15, -0.1) is 0 Å². The molecule has 0 radical (unpaired) electrons. The molecule has 0 bridgehead atoms. The van der Waals surface area contributed by atoms with Crippen LogP contribution in [-0.4, -0.2) is 29.8 Å². The normalized spacial score (nSPS) is 15.0. The Bertz CT molecular complexity index is 388. The smallest absolute Gasteiger partial charge is 0.211 e. The topological polar surface area (TPSA) is 57.2 Å². The zero-order valence-corrected chi connectivity index (χ0v) is 9.06. The fourth-order valence-electron chi connectivity index (χ4n) is 1.72. The van der Waals surface area contributed by atoms with E-state index in [0.29, 0.717) is 31.3 Å². The Morgan fingerprint density at radius 3 is 3.00 bits per heavy atom. The zero-order valence-electron chi connectivity index (χ0n) is 9.06. The molecule has 1 heterocycles. The van der Waals surface area contributed by atoms with Gasteiger partial charge in [0.2, 0.25) is 5.78 Å². The molecule has 2 rings (SSSR count). The summed E-state index contributed by atoms with van der Waals surface area (Å²) in [5, 5.41) is 8.56. The Hall–Kier alpha value is -1.60. The first-order chi connectivity index (χ1) is 7.81. The molecule has 0 saturated heterocycles. The van der Waals surface area contributed by atoms with Gasteiger partial charge in [-0.25, -0.2) is 0 Å². The van der Waals surface area contributed by atoms with Crippen LogP contribution in [0.25, 0.3) is 0 Å². The average Bonchev–Trinajstić information content (AvgIpc) is 2.98. The van der Waals surface area contributed by atoms with Crippen LogP contribution in [0.1, 0.15) is 29.8 Å². The van der Waals surface area contributed by atoms with Crippen molar-refractivity contribution in [2.45, 2.75) is 25.3 Å². The molecule has 16 heavy (non-hydrogen) atoms. The third-order valence-electron chi connectivity index (χ3n) is 2.72. The number of hydrogen-bond donors (Lipinski definition) is 0. The summed E-state index contributed by atoms with van der Waals surface area (Å²) in [6, 6.07) is 6.00. The van der Waals surface area contributed by atoms with Crippen LogP contribution in [0.3, 0.4) is 0 Å². The fraction of sp³-hybridized carbons (Fsp3) is 0.500. The molecule has 0 amide bonds. The van der Waals surface area contributed by atoms with E-state index in [1.165, 1.54) is 6.26 Å². The minimum absolute atomic E-state index is 0.00478. The number of nitriles is 1. The SMILES string of the molecule is N#CCCN(CC(=O)c1ccco1)C1CC1. The van der Waals surface area contributed by atoms with Crippen molar-refractivity contribution in [1.29, 1.82) is 5.26 Å². The number of carbonyl (C=O) groups excluding carboxylic acids is 1. The van der Waals surface area contributed by atoms with E-state index in [0.717, 1.165) is 12.8 Å². The third kappa shape index (κ3) is 2.71. The summed E-state index contributed by atoms with van der Waals surface area (Å²) in [7, 11) is 0. The van der Waals surface area contributed by atoms with E-state index in [9.17, 15) is 4.79 Å². The maximum absolute atomic E-state index is 11.8. The third-order valence-corrected chi connectivity index (χ3v) is 2.72. The van der Waals surface area contributed by atoms with E-state index in [4.69, 9.17) is 9.68 Å². The molecule has 0 spiro atoms. The Morgan fingerprint density at radius 1 is 1.62 bits per heavy atom. The predicted octanol–water partition coefficient (Wildman–Crippen LogP) is 1.84. The van der Waals surface area contributed by atoms with Gasteiger partial charge >= 0.3 is 0 Å². The molecule has 4 heteroatoms. The largest absolute Gasteiger partial charge is 0.461 e. The van der Waals surface area contributed by atoms with Gasteiger partial charge in [-0.2, -0.15) is 5.26 Å². The molecular weight excluding hydrogens is 204 g/mol. The van der Waals surface area contributed by atoms with Crippen molar-refractivity contribution >= 4 is 5.78 Å². The van der Waals surface area contributed by atoms with Crippen molar-refractivity contribution < 1.29 is 9.21 Å². The summed E-state index contributed by atoms with van der Waals surface area (Å²) in [6.45, 7) is 1.04. The van der Waals surface area contributed by atoms with Gasteiger partial charge in [0.25, 0.3) is 0 Å². The minimum atomic E-state index is -0.00478. The predicted molar refractivity (Wildman–Crippen MR) is 57.9 cm³/mol. The molecule has 1 aliphatic rings. The second kappa shape index (κ2) is 4.95. The van der Waals surface area contributed by atoms with Crippen molar-refractivity contribution in [2.24, 2.45) is 0 Å². The number of carbonyl (C=O) groups is 1. The molecule has 1 saturated carbocycles. The lowest BCUT2D eigenvalue weighted by atomic mass is 10.2. The van der Waals surface area contributed by atoms with E-state index in [1.54, 1.807) is 12.1 Å². The molecule has 1 fully saturated rings. The second-order valence-electron chi connectivity index (χ2n) is 4.01. The van der Waals surface area contributed by atoms with E-state index < -0.39 is 0 Å². The van der Waals surface area contributed by atoms with Crippen molar-refractivity contribution in [3.05, 3.63) is 24.2 Å². The number of furan rings is 1. The number of hydrogen-bond acceptors (Lipinski definition) is 4. The van der Waals surface area contributed by atoms with Gasteiger partial charge in [0.15, 0.2) is 5.76 Å². The van der Waals surface area contributed by atoms with Gasteiger partial charge in [-0.05, 0) is 25.0 Å². The number of rotatable bonds is 6. The monoisotopic (exact) mass is 218 g/mol. The summed E-state index contributed by atoms with van der Waals surface area (Å²) < 4.78 is 5.06. The molecule has 0 unspecified atom stereocenters. The quantitative estimate of drug-likeness (QED) is 0.683. The summed E-state index contributed by atoms with van der Waals surface area (Å²) in [5.74, 6) is 0.400. The van der Waals surface area contributed by atoms with E-state index >= 15 is 0 Å². The van der Waals surface area contributed by atoms with Crippen molar-refractivity contribution in [3.63, 3.8) is 0 Å². The standard InChI is InChI=1S/C12H14N2O2/c13-6-2-7-14(10-4-5-10)9-11(15)12-3-1-8-16-12/h1,3,8,10H,2,4-5,7,9H2. The Labute approximate surface area is 94.5 Å². The van der Waals surface area contributed by atoms with Crippen molar-refractivity contribution in [1.82, 2.24) is 4.90 Å². The molecule has 0 aliphatic heterocycles. The summed E-state index contributed by atoms with van der Waals surface area (Å²) >= 11 is 0. The summed E-state index contributed by atoms with van der Waals surface area (Å²) in [5.41, 5.74) is 0. The highest BCUT2D eigenvalue weighted by Crippen LogP contribution is 2.27. The van der Waals surface area contributed by atoms with Crippen LogP contribution in [0.5, 0.6) is 0 Å². The lowest BCUT2D eigenvalue weighted by Gasteiger charge is -2.18. The van der Waals surface area contributed by atoms with Crippen LogP contribution >= 0.6 is 0 Å². The van der Waals surface area contributed by atoms with Gasteiger partial charge in [0, 0.05) is 19.0 Å². The first kappa shape index (κ1) is 10.9. The van der Waals surface area contributed by atoms with Crippen LogP contribution in [0, 0.1) is 11.3 Å². The molecule has 0 N–H and O–H groups in total. The molecule has 1 aromatic heterocycles. The second-order valence-corrected chi connectivity index (χ2v) is 4.01. The highest BCUT2D eigenvalue weighted by atomic mass is 16.3. The molecule has 1 aromatic rings. The maximum Gasteiger partial charge on any atom is 0.211 e. The molecule has 1 aliphatic carbocycles. The highest BCUT2D eigenvalue weighted by Gasteiger charge is 2.30. The molecule has 84 valence electrons. The maximum atomic E-state index is 11.8. The number of ketones is 1. The van der Waals surface area contributed by atoms with Crippen LogP contribution < -0.4 is 0 Å². The van der Waals surface area contributed by atoms with Crippen molar-refractivity contribution in [3.8, 4) is 6.07 Å². The first-order valence-corrected chi connectivity index (χ1v) is 5.49. The van der Waals surface area contributed by atoms with Crippen LogP contribution in [-0.2, 0) is 0 Å². The molecule has 0 atom stereocenters. The Balaban J connectivity index is 1.90. The first-order valence-electron chi connectivity index (χ1n) is 5.49. The summed E-state index contributed by atoms with van der Waals surface area (Å²) in [6.07, 6.45) is 4.25. The average molecular weight is 218 g/mol. The van der Waals surface area contributed by atoms with Crippen LogP contribution in [0.2, 0.25) is 0 Å². The zero-order chi connectivity index (χ0) is 11.4. The highest BCUT2D eigenvalue weighted by molar-refractivity contribution is 5.95. The van der Waals surface area contributed by atoms with Crippen molar-refractivity contribution in [2.75, 3.05) is 13.1 Å². The lowest BCUT2D eigenvalue weighted by molar-refractivity contribution is 0.0899. The van der Waals surface area contributed by atoms with Gasteiger partial charge in [0.05, 0.1) is 18.9 Å². The van der Waals surface area contributed by atoms with Crippen LogP contribution in [0.15, 0.2) is 22.8 Å². The van der Waals surface area contributed by atoms with Gasteiger partial charge in [-0.3, -0.25) is 9.69 Å².